The number of hydrogen-bond donors (Lipinski definition) is 1. The Hall–Kier alpha value is -2.58. The summed E-state index contributed by atoms with van der Waals surface area (Å²) in [5, 5.41) is 2.95. The summed E-state index contributed by atoms with van der Waals surface area (Å²) in [6.07, 6.45) is 3.15. The molecule has 0 fully saturated rings. The molecule has 1 heterocycles. The maximum atomic E-state index is 12.4. The van der Waals surface area contributed by atoms with Crippen LogP contribution in [0.3, 0.4) is 0 Å². The van der Waals surface area contributed by atoms with Gasteiger partial charge in [-0.1, -0.05) is 18.2 Å². The summed E-state index contributed by atoms with van der Waals surface area (Å²) in [5.74, 6) is -0.154. The lowest BCUT2D eigenvalue weighted by atomic mass is 10.0. The van der Waals surface area contributed by atoms with Crippen LogP contribution in [-0.2, 0) is 16.6 Å². The maximum absolute atomic E-state index is 12.4. The molecular formula is C22H30N4O3S. The fourth-order valence-electron chi connectivity index (χ4n) is 3.62. The van der Waals surface area contributed by atoms with Gasteiger partial charge in [-0.25, -0.2) is 0 Å². The van der Waals surface area contributed by atoms with Gasteiger partial charge in [0.05, 0.1) is 5.69 Å². The van der Waals surface area contributed by atoms with Crippen molar-refractivity contribution in [2.45, 2.75) is 19.3 Å². The summed E-state index contributed by atoms with van der Waals surface area (Å²) in [5.41, 5.74) is 3.72. The Morgan fingerprint density at radius 2 is 1.77 bits per heavy atom. The third-order valence-electron chi connectivity index (χ3n) is 5.40. The van der Waals surface area contributed by atoms with Gasteiger partial charge < -0.3 is 10.2 Å². The Labute approximate surface area is 179 Å². The zero-order chi connectivity index (χ0) is 21.7. The number of nitrogens with zero attached hydrogens (tertiary/aromatic N) is 3. The predicted octanol–water partition coefficient (Wildman–Crippen LogP) is 2.50. The largest absolute Gasteiger partial charge is 0.371 e. The Morgan fingerprint density at radius 1 is 1.07 bits per heavy atom. The van der Waals surface area contributed by atoms with E-state index in [0.717, 1.165) is 36.7 Å². The molecule has 7 nitrogen and oxygen atoms in total. The highest BCUT2D eigenvalue weighted by Crippen LogP contribution is 2.26. The molecule has 1 amide bonds. The topological polar surface area (TPSA) is 73.0 Å². The van der Waals surface area contributed by atoms with E-state index >= 15 is 0 Å². The minimum absolute atomic E-state index is 0.154. The fraction of sp³-hybridized carbons (Fsp3) is 0.409. The molecule has 8 heteroatoms. The number of carbonyl (C=O) groups excluding carboxylic acids is 1. The Kier molecular flexibility index (Phi) is 6.99. The molecule has 1 aliphatic rings. The molecule has 0 saturated carbocycles. The minimum Gasteiger partial charge on any atom is -0.371 e. The van der Waals surface area contributed by atoms with Crippen LogP contribution in [-0.4, -0.2) is 59.4 Å². The first-order valence-electron chi connectivity index (χ1n) is 10.2. The zero-order valence-electron chi connectivity index (χ0n) is 17.8. The normalized spacial score (nSPS) is 13.8. The van der Waals surface area contributed by atoms with Crippen molar-refractivity contribution < 1.29 is 13.2 Å². The lowest BCUT2D eigenvalue weighted by Gasteiger charge is -2.31. The maximum Gasteiger partial charge on any atom is 0.303 e. The van der Waals surface area contributed by atoms with E-state index < -0.39 is 10.2 Å². The first kappa shape index (κ1) is 22.1. The van der Waals surface area contributed by atoms with Crippen LogP contribution < -0.4 is 14.5 Å². The van der Waals surface area contributed by atoms with Crippen LogP contribution in [0.4, 0.5) is 11.4 Å². The van der Waals surface area contributed by atoms with Gasteiger partial charge in [0.2, 0.25) is 0 Å². The second-order valence-electron chi connectivity index (χ2n) is 7.63. The monoisotopic (exact) mass is 430 g/mol. The molecule has 0 aliphatic carbocycles. The van der Waals surface area contributed by atoms with Crippen LogP contribution in [0.2, 0.25) is 0 Å². The molecule has 0 radical (unpaired) electrons. The lowest BCUT2D eigenvalue weighted by molar-refractivity contribution is 0.0953. The third kappa shape index (κ3) is 4.94. The Bertz CT molecular complexity index is 974. The first-order chi connectivity index (χ1) is 14.3. The van der Waals surface area contributed by atoms with Gasteiger partial charge in [-0.3, -0.25) is 9.10 Å². The molecule has 162 valence electrons. The second-order valence-corrected chi connectivity index (χ2v) is 9.81. The second kappa shape index (κ2) is 9.49. The van der Waals surface area contributed by atoms with Crippen molar-refractivity contribution in [1.82, 2.24) is 9.62 Å². The lowest BCUT2D eigenvalue weighted by Crippen LogP contribution is -2.37. The van der Waals surface area contributed by atoms with Gasteiger partial charge in [0, 0.05) is 52.0 Å². The number of aryl methyl sites for hydroxylation is 1. The first-order valence-corrected chi connectivity index (χ1v) is 11.6. The average molecular weight is 431 g/mol. The van der Waals surface area contributed by atoms with Crippen LogP contribution in [0.5, 0.6) is 0 Å². The highest BCUT2D eigenvalue weighted by Gasteiger charge is 2.21. The molecule has 0 saturated heterocycles. The summed E-state index contributed by atoms with van der Waals surface area (Å²) in [4.78, 5) is 14.8. The van der Waals surface area contributed by atoms with E-state index in [-0.39, 0.29) is 5.91 Å². The van der Waals surface area contributed by atoms with Crippen molar-refractivity contribution in [1.29, 1.82) is 0 Å². The molecule has 2 aromatic rings. The number of carbonyl (C=O) groups is 1. The van der Waals surface area contributed by atoms with Crippen LogP contribution in [0.15, 0.2) is 48.5 Å². The van der Waals surface area contributed by atoms with E-state index in [4.69, 9.17) is 0 Å². The van der Waals surface area contributed by atoms with E-state index in [0.29, 0.717) is 17.8 Å². The molecule has 3 rings (SSSR count). The quantitative estimate of drug-likeness (QED) is 0.653. The van der Waals surface area contributed by atoms with E-state index in [1.165, 1.54) is 36.7 Å². The molecule has 0 unspecified atom stereocenters. The number of amides is 1. The number of hydrogen-bond acceptors (Lipinski definition) is 4. The van der Waals surface area contributed by atoms with Crippen molar-refractivity contribution in [3.8, 4) is 0 Å². The Morgan fingerprint density at radius 3 is 2.47 bits per heavy atom. The van der Waals surface area contributed by atoms with Gasteiger partial charge in [-0.2, -0.15) is 12.7 Å². The summed E-state index contributed by atoms with van der Waals surface area (Å²) in [6.45, 7) is 2.55. The molecule has 1 aliphatic heterocycles. The fourth-order valence-corrected chi connectivity index (χ4v) is 4.50. The van der Waals surface area contributed by atoms with Crippen LogP contribution in [0.1, 0.15) is 28.8 Å². The smallest absolute Gasteiger partial charge is 0.303 e. The molecule has 30 heavy (non-hydrogen) atoms. The van der Waals surface area contributed by atoms with Crippen molar-refractivity contribution in [3.63, 3.8) is 0 Å². The summed E-state index contributed by atoms with van der Waals surface area (Å²) < 4.78 is 26.7. The van der Waals surface area contributed by atoms with Gasteiger partial charge in [0.25, 0.3) is 5.91 Å². The number of rotatable bonds is 8. The highest BCUT2D eigenvalue weighted by molar-refractivity contribution is 7.90. The number of benzene rings is 2. The van der Waals surface area contributed by atoms with Gasteiger partial charge in [-0.15, -0.1) is 0 Å². The number of anilines is 2. The third-order valence-corrected chi connectivity index (χ3v) is 7.22. The van der Waals surface area contributed by atoms with Crippen LogP contribution >= 0.6 is 0 Å². The number of para-hydroxylation sites is 1. The van der Waals surface area contributed by atoms with Gasteiger partial charge >= 0.3 is 10.2 Å². The van der Waals surface area contributed by atoms with Crippen LogP contribution in [0.25, 0.3) is 0 Å². The van der Waals surface area contributed by atoms with Gasteiger partial charge in [-0.05, 0) is 55.2 Å². The summed E-state index contributed by atoms with van der Waals surface area (Å²) >= 11 is 0. The molecular weight excluding hydrogens is 400 g/mol. The van der Waals surface area contributed by atoms with E-state index in [1.54, 1.807) is 24.3 Å². The molecule has 0 aromatic heterocycles. The van der Waals surface area contributed by atoms with Gasteiger partial charge in [0.15, 0.2) is 0 Å². The average Bonchev–Trinajstić information content (AvgIpc) is 2.76. The molecule has 1 N–H and O–H groups in total. The van der Waals surface area contributed by atoms with Crippen LogP contribution in [0, 0.1) is 0 Å². The Balaban J connectivity index is 1.50. The summed E-state index contributed by atoms with van der Waals surface area (Å²) in [7, 11) is 0.903. The molecule has 2 aromatic carbocycles. The highest BCUT2D eigenvalue weighted by atomic mass is 32.2. The van der Waals surface area contributed by atoms with Crippen molar-refractivity contribution in [2.75, 3.05) is 50.0 Å². The number of nitrogens with one attached hydrogen (secondary N) is 1. The molecule has 0 bridgehead atoms. The standard InChI is InChI=1S/C22H30N4O3S/c1-24(2)30(28,29)25(3)20-13-11-19(12-14-20)22(27)23-15-7-17-26-16-6-9-18-8-4-5-10-21(18)26/h4-5,8,10-14H,6-7,9,15-17H2,1-3H3,(H,23,27). The minimum atomic E-state index is -3.55. The van der Waals surface area contributed by atoms with E-state index in [1.807, 2.05) is 0 Å². The van der Waals surface area contributed by atoms with Gasteiger partial charge in [0.1, 0.15) is 0 Å². The molecule has 0 atom stereocenters. The van der Waals surface area contributed by atoms with Crippen molar-refractivity contribution in [2.24, 2.45) is 0 Å². The summed E-state index contributed by atoms with van der Waals surface area (Å²) in [6, 6.07) is 15.1. The number of fused-ring (bicyclic) bond motifs is 1. The van der Waals surface area contributed by atoms with Crippen molar-refractivity contribution >= 4 is 27.5 Å². The van der Waals surface area contributed by atoms with Crippen molar-refractivity contribution in [3.05, 3.63) is 59.7 Å². The SMILES string of the molecule is CN(C)S(=O)(=O)N(C)c1ccc(C(=O)NCCCN2CCCc3ccccc32)cc1. The van der Waals surface area contributed by atoms with E-state index in [9.17, 15) is 13.2 Å². The predicted molar refractivity (Wildman–Crippen MR) is 121 cm³/mol. The zero-order valence-corrected chi connectivity index (χ0v) is 18.7. The molecule has 0 spiro atoms. The van der Waals surface area contributed by atoms with E-state index in [2.05, 4.69) is 34.5 Å².